The Balaban J connectivity index is 1.76. The Morgan fingerprint density at radius 3 is 2.33 bits per heavy atom. The van der Waals surface area contributed by atoms with Crippen LogP contribution in [0, 0.1) is 6.92 Å². The van der Waals surface area contributed by atoms with Crippen molar-refractivity contribution in [1.29, 1.82) is 0 Å². The number of imide groups is 1. The van der Waals surface area contributed by atoms with Gasteiger partial charge in [-0.1, -0.05) is 17.7 Å². The lowest BCUT2D eigenvalue weighted by molar-refractivity contribution is -0.120. The molecule has 152 valence electrons. The van der Waals surface area contributed by atoms with Crippen molar-refractivity contribution in [2.45, 2.75) is 6.92 Å². The summed E-state index contributed by atoms with van der Waals surface area (Å²) in [5.41, 5.74) is 3.78. The van der Waals surface area contributed by atoms with E-state index >= 15 is 0 Å². The zero-order valence-corrected chi connectivity index (χ0v) is 18.3. The molecule has 3 aromatic rings. The molecule has 1 aromatic heterocycles. The minimum absolute atomic E-state index is 0.268. The molecule has 0 saturated carbocycles. The van der Waals surface area contributed by atoms with Gasteiger partial charge in [-0.2, -0.15) is 0 Å². The third-order valence-electron chi connectivity index (χ3n) is 4.92. The SMILES string of the molecule is Cc1cc(Cl)ccc1NC1=C(c2cccs2)C(=O)N(c2ccc(N(C)C)cc2)C1=O. The fourth-order valence-electron chi connectivity index (χ4n) is 3.33. The molecule has 1 aliphatic rings. The molecular formula is C23H20ClN3O2S. The van der Waals surface area contributed by atoms with Crippen molar-refractivity contribution in [2.24, 2.45) is 0 Å². The number of hydrogen-bond donors (Lipinski definition) is 1. The summed E-state index contributed by atoms with van der Waals surface area (Å²) in [7, 11) is 3.88. The Kier molecular flexibility index (Phi) is 5.37. The highest BCUT2D eigenvalue weighted by atomic mass is 35.5. The highest BCUT2D eigenvalue weighted by Gasteiger charge is 2.40. The molecule has 0 unspecified atom stereocenters. The number of aryl methyl sites for hydroxylation is 1. The highest BCUT2D eigenvalue weighted by Crippen LogP contribution is 2.36. The summed E-state index contributed by atoms with van der Waals surface area (Å²) in [6.45, 7) is 1.90. The molecule has 0 aliphatic carbocycles. The van der Waals surface area contributed by atoms with Gasteiger partial charge in [0.25, 0.3) is 11.8 Å². The molecule has 2 heterocycles. The van der Waals surface area contributed by atoms with E-state index in [0.29, 0.717) is 16.3 Å². The van der Waals surface area contributed by atoms with Crippen LogP contribution >= 0.6 is 22.9 Å². The van der Waals surface area contributed by atoms with Crippen LogP contribution in [0.25, 0.3) is 5.57 Å². The normalized spacial score (nSPS) is 13.9. The number of benzene rings is 2. The summed E-state index contributed by atoms with van der Waals surface area (Å²) >= 11 is 7.49. The minimum atomic E-state index is -0.379. The zero-order valence-electron chi connectivity index (χ0n) is 16.8. The van der Waals surface area contributed by atoms with Gasteiger partial charge in [-0.3, -0.25) is 9.59 Å². The van der Waals surface area contributed by atoms with Crippen LogP contribution < -0.4 is 15.1 Å². The van der Waals surface area contributed by atoms with Gasteiger partial charge in [-0.15, -0.1) is 11.3 Å². The van der Waals surface area contributed by atoms with Crippen LogP contribution in [0.15, 0.2) is 65.7 Å². The Hall–Kier alpha value is -3.09. The number of thiophene rings is 1. The smallest absolute Gasteiger partial charge is 0.282 e. The van der Waals surface area contributed by atoms with Gasteiger partial charge in [-0.05, 0) is 66.4 Å². The number of carbonyl (C=O) groups excluding carboxylic acids is 2. The highest BCUT2D eigenvalue weighted by molar-refractivity contribution is 7.11. The minimum Gasteiger partial charge on any atom is -0.378 e. The number of rotatable bonds is 5. The van der Waals surface area contributed by atoms with Crippen molar-refractivity contribution >= 4 is 57.4 Å². The fraction of sp³-hybridized carbons (Fsp3) is 0.130. The summed E-state index contributed by atoms with van der Waals surface area (Å²) in [6.07, 6.45) is 0. The van der Waals surface area contributed by atoms with Crippen molar-refractivity contribution in [3.8, 4) is 0 Å². The molecule has 0 bridgehead atoms. The summed E-state index contributed by atoms with van der Waals surface area (Å²) in [6, 6.07) is 16.4. The van der Waals surface area contributed by atoms with Gasteiger partial charge >= 0.3 is 0 Å². The second-order valence-electron chi connectivity index (χ2n) is 7.17. The van der Waals surface area contributed by atoms with Crippen LogP contribution in [0.4, 0.5) is 17.1 Å². The summed E-state index contributed by atoms with van der Waals surface area (Å²) in [5.74, 6) is -0.718. The van der Waals surface area contributed by atoms with E-state index in [4.69, 9.17) is 11.6 Å². The van der Waals surface area contributed by atoms with Gasteiger partial charge in [0.2, 0.25) is 0 Å². The van der Waals surface area contributed by atoms with Crippen molar-refractivity contribution in [2.75, 3.05) is 29.2 Å². The van der Waals surface area contributed by atoms with E-state index in [1.165, 1.54) is 16.2 Å². The van der Waals surface area contributed by atoms with E-state index in [1.54, 1.807) is 18.2 Å². The Labute approximate surface area is 184 Å². The number of nitrogens with zero attached hydrogens (tertiary/aromatic N) is 2. The quantitative estimate of drug-likeness (QED) is 0.559. The topological polar surface area (TPSA) is 52.7 Å². The molecular weight excluding hydrogens is 418 g/mol. The second kappa shape index (κ2) is 7.97. The molecule has 1 aliphatic heterocycles. The molecule has 7 heteroatoms. The molecule has 0 atom stereocenters. The number of nitrogens with one attached hydrogen (secondary N) is 1. The third-order valence-corrected chi connectivity index (χ3v) is 6.05. The molecule has 5 nitrogen and oxygen atoms in total. The third kappa shape index (κ3) is 3.60. The number of halogens is 1. The lowest BCUT2D eigenvalue weighted by atomic mass is 10.1. The summed E-state index contributed by atoms with van der Waals surface area (Å²) in [4.78, 5) is 30.7. The fourth-order valence-corrected chi connectivity index (χ4v) is 4.33. The Bertz CT molecular complexity index is 1150. The van der Waals surface area contributed by atoms with Crippen LogP contribution in [0.2, 0.25) is 5.02 Å². The number of anilines is 3. The molecule has 0 fully saturated rings. The van der Waals surface area contributed by atoms with Gasteiger partial charge in [0.1, 0.15) is 5.70 Å². The maximum absolute atomic E-state index is 13.4. The average molecular weight is 438 g/mol. The molecule has 0 spiro atoms. The predicted octanol–water partition coefficient (Wildman–Crippen LogP) is 5.17. The summed E-state index contributed by atoms with van der Waals surface area (Å²) in [5, 5.41) is 5.69. The van der Waals surface area contributed by atoms with Crippen LogP contribution in [-0.4, -0.2) is 25.9 Å². The first-order valence-corrected chi connectivity index (χ1v) is 10.6. The summed E-state index contributed by atoms with van der Waals surface area (Å²) < 4.78 is 0. The monoisotopic (exact) mass is 437 g/mol. The van der Waals surface area contributed by atoms with Crippen molar-refractivity contribution in [3.05, 3.63) is 81.1 Å². The van der Waals surface area contributed by atoms with E-state index in [9.17, 15) is 9.59 Å². The van der Waals surface area contributed by atoms with Gasteiger partial charge in [0.05, 0.1) is 11.3 Å². The van der Waals surface area contributed by atoms with E-state index in [1.807, 2.05) is 67.7 Å². The maximum atomic E-state index is 13.4. The first-order chi connectivity index (χ1) is 14.4. The van der Waals surface area contributed by atoms with Gasteiger partial charge in [-0.25, -0.2) is 4.90 Å². The lowest BCUT2D eigenvalue weighted by Crippen LogP contribution is -2.32. The largest absolute Gasteiger partial charge is 0.378 e. The van der Waals surface area contributed by atoms with E-state index in [2.05, 4.69) is 5.32 Å². The van der Waals surface area contributed by atoms with Crippen molar-refractivity contribution in [1.82, 2.24) is 0 Å². The number of amides is 2. The molecule has 0 radical (unpaired) electrons. The molecule has 30 heavy (non-hydrogen) atoms. The average Bonchev–Trinajstić information content (AvgIpc) is 3.31. The lowest BCUT2D eigenvalue weighted by Gasteiger charge is -2.18. The van der Waals surface area contributed by atoms with Crippen molar-refractivity contribution in [3.63, 3.8) is 0 Å². The van der Waals surface area contributed by atoms with Gasteiger partial charge < -0.3 is 10.2 Å². The maximum Gasteiger partial charge on any atom is 0.282 e. The van der Waals surface area contributed by atoms with E-state index in [0.717, 1.165) is 21.8 Å². The van der Waals surface area contributed by atoms with E-state index in [-0.39, 0.29) is 17.5 Å². The Morgan fingerprint density at radius 2 is 1.73 bits per heavy atom. The van der Waals surface area contributed by atoms with Crippen molar-refractivity contribution < 1.29 is 9.59 Å². The molecule has 4 rings (SSSR count). The van der Waals surface area contributed by atoms with Crippen LogP contribution in [0.5, 0.6) is 0 Å². The molecule has 0 saturated heterocycles. The second-order valence-corrected chi connectivity index (χ2v) is 8.55. The predicted molar refractivity (Wildman–Crippen MR) is 124 cm³/mol. The standard InChI is InChI=1S/C23H20ClN3O2S/c1-14-13-15(24)6-11-18(14)25-21-20(19-5-4-12-30-19)22(28)27(23(21)29)17-9-7-16(8-10-17)26(2)3/h4-13,25H,1-3H3. The van der Waals surface area contributed by atoms with Gasteiger partial charge in [0.15, 0.2) is 0 Å². The Morgan fingerprint density at radius 1 is 1.00 bits per heavy atom. The van der Waals surface area contributed by atoms with Crippen LogP contribution in [0.1, 0.15) is 10.4 Å². The first kappa shape index (κ1) is 20.2. The van der Waals surface area contributed by atoms with Gasteiger partial charge in [0, 0.05) is 35.4 Å². The number of carbonyl (C=O) groups is 2. The number of hydrogen-bond acceptors (Lipinski definition) is 5. The molecule has 2 aromatic carbocycles. The first-order valence-electron chi connectivity index (χ1n) is 9.34. The van der Waals surface area contributed by atoms with Crippen LogP contribution in [-0.2, 0) is 9.59 Å². The molecule has 2 amide bonds. The van der Waals surface area contributed by atoms with Crippen LogP contribution in [0.3, 0.4) is 0 Å². The van der Waals surface area contributed by atoms with E-state index < -0.39 is 0 Å². The molecule has 1 N–H and O–H groups in total. The zero-order chi connectivity index (χ0) is 21.4.